The Morgan fingerprint density at radius 1 is 1.39 bits per heavy atom. The lowest BCUT2D eigenvalue weighted by Gasteiger charge is -2.28. The Balaban J connectivity index is 2.62. The molecule has 0 aliphatic carbocycles. The molecular weight excluding hydrogens is 228 g/mol. The van der Waals surface area contributed by atoms with Gasteiger partial charge in [0.25, 0.3) is 0 Å². The van der Waals surface area contributed by atoms with E-state index in [0.29, 0.717) is 5.69 Å². The summed E-state index contributed by atoms with van der Waals surface area (Å²) in [6.07, 6.45) is 2.52. The van der Waals surface area contributed by atoms with Gasteiger partial charge in [-0.2, -0.15) is 0 Å². The van der Waals surface area contributed by atoms with E-state index in [2.05, 4.69) is 5.32 Å². The number of benzene rings is 1. The second-order valence-electron chi connectivity index (χ2n) is 4.89. The molecule has 0 fully saturated rings. The maximum Gasteiger partial charge on any atom is 0.244 e. The Hall–Kier alpha value is -1.81. The van der Waals surface area contributed by atoms with Crippen molar-refractivity contribution in [1.29, 1.82) is 0 Å². The number of nitrogens with two attached hydrogens (primary N) is 1. The van der Waals surface area contributed by atoms with E-state index in [1.165, 1.54) is 6.08 Å². The quantitative estimate of drug-likeness (QED) is 0.559. The predicted octanol–water partition coefficient (Wildman–Crippen LogP) is 1.56. The molecule has 4 nitrogen and oxygen atoms in total. The molecule has 1 aromatic carbocycles. The van der Waals surface area contributed by atoms with Crippen LogP contribution in [0.5, 0.6) is 0 Å². The number of aliphatic hydroxyl groups excluding tert-OH is 1. The minimum absolute atomic E-state index is 0.238. The fourth-order valence-electron chi connectivity index (χ4n) is 1.24. The first-order valence-electron chi connectivity index (χ1n) is 5.85. The molecule has 4 heteroatoms. The maximum atomic E-state index is 11.7. The van der Waals surface area contributed by atoms with Gasteiger partial charge >= 0.3 is 0 Å². The van der Waals surface area contributed by atoms with Crippen LogP contribution in [0.1, 0.15) is 26.3 Å². The molecule has 1 atom stereocenters. The largest absolute Gasteiger partial charge is 0.399 e. The van der Waals surface area contributed by atoms with E-state index in [-0.39, 0.29) is 5.91 Å². The van der Waals surface area contributed by atoms with Crippen LogP contribution in [0.25, 0.3) is 6.08 Å². The van der Waals surface area contributed by atoms with Gasteiger partial charge in [-0.25, -0.2) is 0 Å². The number of rotatable bonds is 4. The van der Waals surface area contributed by atoms with Gasteiger partial charge in [-0.15, -0.1) is 0 Å². The van der Waals surface area contributed by atoms with E-state index in [0.717, 1.165) is 5.56 Å². The standard InChI is InChI=1S/C14H20N2O2/c1-10(17)14(2,3)16-13(18)9-6-11-4-7-12(15)8-5-11/h4-10,17H,15H2,1-3H3,(H,16,18)/b9-6+. The van der Waals surface area contributed by atoms with Crippen LogP contribution >= 0.6 is 0 Å². The van der Waals surface area contributed by atoms with E-state index in [1.54, 1.807) is 39.0 Å². The van der Waals surface area contributed by atoms with Gasteiger partial charge in [0.15, 0.2) is 0 Å². The molecule has 1 rings (SSSR count). The van der Waals surface area contributed by atoms with Gasteiger partial charge in [0.2, 0.25) is 5.91 Å². The Morgan fingerprint density at radius 3 is 2.44 bits per heavy atom. The maximum absolute atomic E-state index is 11.7. The predicted molar refractivity (Wildman–Crippen MR) is 73.8 cm³/mol. The van der Waals surface area contributed by atoms with Gasteiger partial charge < -0.3 is 16.2 Å². The van der Waals surface area contributed by atoms with Crippen molar-refractivity contribution >= 4 is 17.7 Å². The summed E-state index contributed by atoms with van der Waals surface area (Å²) in [6.45, 7) is 5.18. The summed E-state index contributed by atoms with van der Waals surface area (Å²) in [5.41, 5.74) is 6.50. The van der Waals surface area contributed by atoms with Crippen LogP contribution in [-0.4, -0.2) is 22.7 Å². The molecule has 0 radical (unpaired) electrons. The van der Waals surface area contributed by atoms with Gasteiger partial charge in [-0.3, -0.25) is 4.79 Å². The summed E-state index contributed by atoms with van der Waals surface area (Å²) in [7, 11) is 0. The monoisotopic (exact) mass is 248 g/mol. The van der Waals surface area contributed by atoms with E-state index >= 15 is 0 Å². The summed E-state index contributed by atoms with van der Waals surface area (Å²) in [6, 6.07) is 7.21. The lowest BCUT2D eigenvalue weighted by atomic mass is 9.99. The van der Waals surface area contributed by atoms with Crippen molar-refractivity contribution in [3.05, 3.63) is 35.9 Å². The Morgan fingerprint density at radius 2 is 1.94 bits per heavy atom. The molecule has 0 bridgehead atoms. The summed E-state index contributed by atoms with van der Waals surface area (Å²) in [4.78, 5) is 11.7. The molecule has 4 N–H and O–H groups in total. The zero-order valence-corrected chi connectivity index (χ0v) is 11.0. The molecule has 0 aliphatic rings. The number of hydrogen-bond acceptors (Lipinski definition) is 3. The first-order valence-corrected chi connectivity index (χ1v) is 5.85. The van der Waals surface area contributed by atoms with Gasteiger partial charge in [0.1, 0.15) is 0 Å². The van der Waals surface area contributed by atoms with Crippen LogP contribution in [0.4, 0.5) is 5.69 Å². The highest BCUT2D eigenvalue weighted by molar-refractivity contribution is 5.92. The average Bonchev–Trinajstić information content (AvgIpc) is 2.27. The average molecular weight is 248 g/mol. The zero-order chi connectivity index (χ0) is 13.8. The summed E-state index contributed by atoms with van der Waals surface area (Å²) in [5.74, 6) is -0.238. The Labute approximate surface area is 108 Å². The molecule has 1 unspecified atom stereocenters. The minimum Gasteiger partial charge on any atom is -0.399 e. The fourth-order valence-corrected chi connectivity index (χ4v) is 1.24. The van der Waals surface area contributed by atoms with Crippen molar-refractivity contribution in [1.82, 2.24) is 5.32 Å². The van der Waals surface area contributed by atoms with Crippen molar-refractivity contribution in [3.63, 3.8) is 0 Å². The lowest BCUT2D eigenvalue weighted by molar-refractivity contribution is -0.119. The molecule has 0 heterocycles. The first kappa shape index (κ1) is 14.3. The number of nitrogens with one attached hydrogen (secondary N) is 1. The number of hydrogen-bond donors (Lipinski definition) is 3. The van der Waals surface area contributed by atoms with Gasteiger partial charge in [-0.05, 0) is 44.5 Å². The molecular formula is C14H20N2O2. The van der Waals surface area contributed by atoms with Crippen LogP contribution in [-0.2, 0) is 4.79 Å². The lowest BCUT2D eigenvalue weighted by Crippen LogP contribution is -2.50. The molecule has 1 amide bonds. The van der Waals surface area contributed by atoms with E-state index in [4.69, 9.17) is 5.73 Å². The van der Waals surface area contributed by atoms with Crippen LogP contribution in [0.3, 0.4) is 0 Å². The first-order chi connectivity index (χ1) is 8.31. The summed E-state index contributed by atoms with van der Waals surface area (Å²) >= 11 is 0. The summed E-state index contributed by atoms with van der Waals surface area (Å²) in [5, 5.41) is 12.2. The number of carbonyl (C=O) groups is 1. The third kappa shape index (κ3) is 4.22. The highest BCUT2D eigenvalue weighted by atomic mass is 16.3. The topological polar surface area (TPSA) is 75.3 Å². The van der Waals surface area contributed by atoms with Crippen molar-refractivity contribution in [2.45, 2.75) is 32.4 Å². The third-order valence-corrected chi connectivity index (χ3v) is 2.85. The molecule has 18 heavy (non-hydrogen) atoms. The molecule has 0 spiro atoms. The summed E-state index contributed by atoms with van der Waals surface area (Å²) < 4.78 is 0. The number of aliphatic hydroxyl groups is 1. The van der Waals surface area contributed by atoms with Crippen molar-refractivity contribution in [2.24, 2.45) is 0 Å². The highest BCUT2D eigenvalue weighted by Crippen LogP contribution is 2.09. The Kier molecular flexibility index (Phi) is 4.50. The normalized spacial score (nSPS) is 13.6. The van der Waals surface area contributed by atoms with E-state index < -0.39 is 11.6 Å². The van der Waals surface area contributed by atoms with Crippen LogP contribution in [0.15, 0.2) is 30.3 Å². The smallest absolute Gasteiger partial charge is 0.244 e. The van der Waals surface area contributed by atoms with Crippen molar-refractivity contribution in [2.75, 3.05) is 5.73 Å². The van der Waals surface area contributed by atoms with E-state index in [9.17, 15) is 9.90 Å². The van der Waals surface area contributed by atoms with Gasteiger partial charge in [-0.1, -0.05) is 12.1 Å². The Bertz CT molecular complexity index is 434. The fraction of sp³-hybridized carbons (Fsp3) is 0.357. The highest BCUT2D eigenvalue weighted by Gasteiger charge is 2.24. The van der Waals surface area contributed by atoms with Gasteiger partial charge in [0, 0.05) is 11.8 Å². The van der Waals surface area contributed by atoms with Crippen LogP contribution in [0, 0.1) is 0 Å². The SMILES string of the molecule is CC(O)C(C)(C)NC(=O)/C=C/c1ccc(N)cc1. The van der Waals surface area contributed by atoms with E-state index in [1.807, 2.05) is 12.1 Å². The second kappa shape index (κ2) is 5.69. The van der Waals surface area contributed by atoms with Crippen LogP contribution < -0.4 is 11.1 Å². The number of nitrogen functional groups attached to an aromatic ring is 1. The van der Waals surface area contributed by atoms with Gasteiger partial charge in [0.05, 0.1) is 11.6 Å². The van der Waals surface area contributed by atoms with Crippen molar-refractivity contribution < 1.29 is 9.90 Å². The molecule has 0 aromatic heterocycles. The van der Waals surface area contributed by atoms with Crippen LogP contribution in [0.2, 0.25) is 0 Å². The molecule has 98 valence electrons. The van der Waals surface area contributed by atoms with Crippen molar-refractivity contribution in [3.8, 4) is 0 Å². The number of amides is 1. The molecule has 1 aromatic rings. The molecule has 0 saturated heterocycles. The zero-order valence-electron chi connectivity index (χ0n) is 11.0. The number of carbonyl (C=O) groups excluding carboxylic acids is 1. The molecule has 0 saturated carbocycles. The second-order valence-corrected chi connectivity index (χ2v) is 4.89. The number of anilines is 1. The minimum atomic E-state index is -0.650. The molecule has 0 aliphatic heterocycles. The third-order valence-electron chi connectivity index (χ3n) is 2.85.